The minimum atomic E-state index is -4.23. The number of likely N-dealkylation sites (N-methyl/N-ethyl adjacent to an activating group) is 1. The normalized spacial score (nSPS) is 12.8. The summed E-state index contributed by atoms with van der Waals surface area (Å²) in [6, 6.07) is 16.7. The molecule has 0 saturated carbocycles. The Balaban J connectivity index is 1.73. The van der Waals surface area contributed by atoms with Gasteiger partial charge in [0.05, 0.1) is 7.11 Å². The fourth-order valence-corrected chi connectivity index (χ4v) is 4.45. The molecule has 1 unspecified atom stereocenters. The fraction of sp³-hybridized carbons (Fsp3) is 0.240. The summed E-state index contributed by atoms with van der Waals surface area (Å²) in [6.45, 7) is 1.62. The first kappa shape index (κ1) is 26.6. The zero-order valence-corrected chi connectivity index (χ0v) is 21.0. The number of methoxy groups -OCH3 is 1. The second kappa shape index (κ2) is 12.1. The van der Waals surface area contributed by atoms with E-state index < -0.39 is 34.2 Å². The molecule has 0 fully saturated rings. The van der Waals surface area contributed by atoms with Crippen molar-refractivity contribution in [1.29, 1.82) is 0 Å². The number of carbonyl (C=O) groups is 2. The number of urea groups is 1. The molecule has 2 atom stereocenters. The van der Waals surface area contributed by atoms with Gasteiger partial charge < -0.3 is 15.0 Å². The van der Waals surface area contributed by atoms with Gasteiger partial charge in [-0.1, -0.05) is 36.4 Å². The number of hydrogen-bond acceptors (Lipinski definition) is 6. The molecule has 10 nitrogen and oxygen atoms in total. The molecule has 1 heterocycles. The van der Waals surface area contributed by atoms with E-state index in [0.717, 1.165) is 5.56 Å². The summed E-state index contributed by atoms with van der Waals surface area (Å²) in [5.41, 5.74) is 2.01. The molecule has 3 aromatic rings. The van der Waals surface area contributed by atoms with E-state index in [-0.39, 0.29) is 6.42 Å². The Bertz CT molecular complexity index is 1260. The number of hydrogen-bond donors (Lipinski definition) is 3. The topological polar surface area (TPSA) is 130 Å². The zero-order valence-electron chi connectivity index (χ0n) is 20.2. The van der Waals surface area contributed by atoms with Crippen LogP contribution in [0.15, 0.2) is 79.1 Å². The fourth-order valence-electron chi connectivity index (χ4n) is 3.49. The quantitative estimate of drug-likeness (QED) is 0.384. The maximum atomic E-state index is 13.3. The van der Waals surface area contributed by atoms with Crippen molar-refractivity contribution in [1.82, 2.24) is 19.7 Å². The molecule has 1 aromatic heterocycles. The maximum absolute atomic E-state index is 13.3. The van der Waals surface area contributed by atoms with Gasteiger partial charge in [0.2, 0.25) is 5.91 Å². The highest BCUT2D eigenvalue weighted by Crippen LogP contribution is 2.19. The molecule has 190 valence electrons. The Morgan fingerprint density at radius 2 is 1.72 bits per heavy atom. The van der Waals surface area contributed by atoms with Crippen LogP contribution in [0.4, 0.5) is 10.5 Å². The third kappa shape index (κ3) is 7.52. The van der Waals surface area contributed by atoms with Crippen LogP contribution in [-0.2, 0) is 21.4 Å². The summed E-state index contributed by atoms with van der Waals surface area (Å²) in [4.78, 5) is 31.4. The van der Waals surface area contributed by atoms with Crippen LogP contribution >= 0.6 is 0 Å². The first-order valence-electron chi connectivity index (χ1n) is 11.1. The van der Waals surface area contributed by atoms with Gasteiger partial charge in [0, 0.05) is 37.6 Å². The standard InChI is InChI=1S/C25H29N5O5S/c1-18(20-10-7-15-26-17-20)28-36(33,34)29-25(32)27-23(16-19-8-5-4-6-9-19)24(31)30(2)21-11-13-22(35-3)14-12-21/h4-15,17-18,23,28H,16H2,1-3H3,(H2,27,29,32)/t18?,23-/m0/s1. The van der Waals surface area contributed by atoms with E-state index in [0.29, 0.717) is 17.0 Å². The van der Waals surface area contributed by atoms with Gasteiger partial charge in [-0.25, -0.2) is 9.52 Å². The Morgan fingerprint density at radius 3 is 2.33 bits per heavy atom. The van der Waals surface area contributed by atoms with Crippen molar-refractivity contribution in [2.45, 2.75) is 25.4 Å². The molecular weight excluding hydrogens is 482 g/mol. The Labute approximate surface area is 210 Å². The SMILES string of the molecule is COc1ccc(N(C)C(=O)[C@H](Cc2ccccc2)NC(=O)NS(=O)(=O)NC(C)c2cccnc2)cc1. The van der Waals surface area contributed by atoms with Crippen molar-refractivity contribution < 1.29 is 22.7 Å². The van der Waals surface area contributed by atoms with Gasteiger partial charge in [0.25, 0.3) is 0 Å². The van der Waals surface area contributed by atoms with E-state index in [4.69, 9.17) is 4.74 Å². The summed E-state index contributed by atoms with van der Waals surface area (Å²) in [5, 5.41) is 2.51. The summed E-state index contributed by atoms with van der Waals surface area (Å²) in [5.74, 6) is 0.212. The highest BCUT2D eigenvalue weighted by Gasteiger charge is 2.27. The smallest absolute Gasteiger partial charge is 0.330 e. The van der Waals surface area contributed by atoms with E-state index in [1.165, 1.54) is 11.1 Å². The molecule has 0 radical (unpaired) electrons. The molecule has 3 amide bonds. The predicted octanol–water partition coefficient (Wildman–Crippen LogP) is 2.56. The monoisotopic (exact) mass is 511 g/mol. The average molecular weight is 512 g/mol. The van der Waals surface area contributed by atoms with E-state index >= 15 is 0 Å². The molecule has 0 spiro atoms. The van der Waals surface area contributed by atoms with Crippen LogP contribution in [0.2, 0.25) is 0 Å². The highest BCUT2D eigenvalue weighted by molar-refractivity contribution is 7.88. The van der Waals surface area contributed by atoms with Crippen molar-refractivity contribution >= 4 is 27.8 Å². The van der Waals surface area contributed by atoms with Gasteiger partial charge in [-0.3, -0.25) is 9.78 Å². The maximum Gasteiger partial charge on any atom is 0.330 e. The number of carbonyl (C=O) groups excluding carboxylic acids is 2. The molecule has 0 aliphatic heterocycles. The lowest BCUT2D eigenvalue weighted by atomic mass is 10.0. The van der Waals surface area contributed by atoms with Gasteiger partial charge in [0.15, 0.2) is 0 Å². The van der Waals surface area contributed by atoms with Crippen molar-refractivity contribution in [3.8, 4) is 5.75 Å². The number of nitrogens with one attached hydrogen (secondary N) is 3. The molecule has 36 heavy (non-hydrogen) atoms. The van der Waals surface area contributed by atoms with Gasteiger partial charge in [0.1, 0.15) is 11.8 Å². The zero-order chi connectivity index (χ0) is 26.1. The summed E-state index contributed by atoms with van der Waals surface area (Å²) < 4.78 is 34.5. The van der Waals surface area contributed by atoms with Crippen LogP contribution < -0.4 is 24.4 Å². The first-order chi connectivity index (χ1) is 17.2. The van der Waals surface area contributed by atoms with Crippen molar-refractivity contribution in [3.05, 3.63) is 90.3 Å². The third-order valence-corrected chi connectivity index (χ3v) is 6.54. The molecule has 0 aliphatic carbocycles. The van der Waals surface area contributed by atoms with E-state index in [1.807, 2.05) is 35.1 Å². The molecule has 2 aromatic carbocycles. The number of anilines is 1. The van der Waals surface area contributed by atoms with Crippen LogP contribution in [0.1, 0.15) is 24.1 Å². The molecular formula is C25H29N5O5S. The summed E-state index contributed by atoms with van der Waals surface area (Å²) >= 11 is 0. The second-order valence-corrected chi connectivity index (χ2v) is 9.49. The second-order valence-electron chi connectivity index (χ2n) is 8.04. The molecule has 0 bridgehead atoms. The number of amides is 3. The number of pyridine rings is 1. The number of ether oxygens (including phenoxy) is 1. The van der Waals surface area contributed by atoms with Gasteiger partial charge in [-0.2, -0.15) is 13.1 Å². The first-order valence-corrected chi connectivity index (χ1v) is 12.6. The van der Waals surface area contributed by atoms with Crippen LogP contribution in [0.5, 0.6) is 5.75 Å². The highest BCUT2D eigenvalue weighted by atomic mass is 32.2. The lowest BCUT2D eigenvalue weighted by Gasteiger charge is -2.25. The van der Waals surface area contributed by atoms with E-state index in [2.05, 4.69) is 15.0 Å². The Kier molecular flexibility index (Phi) is 8.98. The molecule has 11 heteroatoms. The molecule has 3 rings (SSSR count). The lowest BCUT2D eigenvalue weighted by molar-refractivity contribution is -0.120. The number of rotatable bonds is 10. The third-order valence-electron chi connectivity index (χ3n) is 5.42. The summed E-state index contributed by atoms with van der Waals surface area (Å²) in [7, 11) is -1.11. The van der Waals surface area contributed by atoms with Gasteiger partial charge in [-0.15, -0.1) is 0 Å². The molecule has 0 aliphatic rings. The van der Waals surface area contributed by atoms with Crippen LogP contribution in [0.3, 0.4) is 0 Å². The van der Waals surface area contributed by atoms with Gasteiger partial charge >= 0.3 is 16.2 Å². The predicted molar refractivity (Wildman–Crippen MR) is 137 cm³/mol. The number of benzene rings is 2. The molecule has 3 N–H and O–H groups in total. The number of aromatic nitrogens is 1. The number of nitrogens with zero attached hydrogens (tertiary/aromatic N) is 2. The van der Waals surface area contributed by atoms with Crippen LogP contribution in [-0.4, -0.2) is 45.5 Å². The van der Waals surface area contributed by atoms with Crippen LogP contribution in [0, 0.1) is 0 Å². The minimum Gasteiger partial charge on any atom is -0.497 e. The minimum absolute atomic E-state index is 0.160. The molecule has 0 saturated heterocycles. The van der Waals surface area contributed by atoms with Crippen LogP contribution in [0.25, 0.3) is 0 Å². The van der Waals surface area contributed by atoms with Crippen molar-refractivity contribution in [2.75, 3.05) is 19.1 Å². The van der Waals surface area contributed by atoms with E-state index in [9.17, 15) is 18.0 Å². The van der Waals surface area contributed by atoms with Crippen molar-refractivity contribution in [3.63, 3.8) is 0 Å². The van der Waals surface area contributed by atoms with Crippen molar-refractivity contribution in [2.24, 2.45) is 0 Å². The van der Waals surface area contributed by atoms with Gasteiger partial charge in [-0.05, 0) is 48.4 Å². The van der Waals surface area contributed by atoms with E-state index in [1.54, 1.807) is 63.7 Å². The average Bonchev–Trinajstić information content (AvgIpc) is 2.88. The summed E-state index contributed by atoms with van der Waals surface area (Å²) in [6.07, 6.45) is 3.26. The Hall–Kier alpha value is -3.96. The Morgan fingerprint density at radius 1 is 1.03 bits per heavy atom. The lowest BCUT2D eigenvalue weighted by Crippen LogP contribution is -2.54. The largest absolute Gasteiger partial charge is 0.497 e.